The van der Waals surface area contributed by atoms with Crippen molar-refractivity contribution >= 4 is 17.2 Å². The number of likely N-dealkylation sites (tertiary alicyclic amines) is 1. The van der Waals surface area contributed by atoms with Crippen molar-refractivity contribution in [3.63, 3.8) is 0 Å². The summed E-state index contributed by atoms with van der Waals surface area (Å²) >= 11 is 1.58. The lowest BCUT2D eigenvalue weighted by molar-refractivity contribution is -0.117. The first-order chi connectivity index (χ1) is 11.7. The number of thiazole rings is 1. The van der Waals surface area contributed by atoms with E-state index in [0.717, 1.165) is 33.8 Å². The number of carbonyl (C=O) groups excluding carboxylic acids is 1. The van der Waals surface area contributed by atoms with Crippen LogP contribution in [0.3, 0.4) is 0 Å². The Hall–Kier alpha value is -2.65. The fourth-order valence-electron chi connectivity index (χ4n) is 2.79. The summed E-state index contributed by atoms with van der Waals surface area (Å²) in [6, 6.07) is 10.0. The minimum absolute atomic E-state index is 0.0842. The summed E-state index contributed by atoms with van der Waals surface area (Å²) < 4.78 is 0. The zero-order valence-corrected chi connectivity index (χ0v) is 14.3. The Morgan fingerprint density at radius 3 is 2.88 bits per heavy atom. The Bertz CT molecular complexity index is 804. The van der Waals surface area contributed by atoms with E-state index >= 15 is 0 Å². The zero-order valence-electron chi connectivity index (χ0n) is 13.5. The molecular formula is C18H18N4OS. The molecule has 1 aromatic heterocycles. The minimum atomic E-state index is -0.0842. The Balaban J connectivity index is 1.84. The first-order valence-electron chi connectivity index (χ1n) is 7.78. The highest BCUT2D eigenvalue weighted by Gasteiger charge is 2.23. The molecule has 0 aliphatic carbocycles. The number of amides is 1. The molecule has 1 fully saturated rings. The van der Waals surface area contributed by atoms with Crippen LogP contribution in [-0.4, -0.2) is 35.9 Å². The number of nitrogens with zero attached hydrogens (tertiary/aromatic N) is 3. The van der Waals surface area contributed by atoms with E-state index in [9.17, 15) is 4.79 Å². The Labute approximate surface area is 145 Å². The van der Waals surface area contributed by atoms with Gasteiger partial charge in [-0.05, 0) is 12.0 Å². The number of aromatic nitrogens is 1. The number of likely N-dealkylation sites (N-methyl/N-ethyl adjacent to an activating group) is 1. The Kier molecular flexibility index (Phi) is 4.92. The number of nitrogens with one attached hydrogen (secondary N) is 1. The van der Waals surface area contributed by atoms with Crippen LogP contribution in [0, 0.1) is 11.5 Å². The first kappa shape index (κ1) is 16.2. The fraction of sp³-hybridized carbons (Fsp3) is 0.278. The van der Waals surface area contributed by atoms with E-state index in [1.54, 1.807) is 23.3 Å². The van der Waals surface area contributed by atoms with Gasteiger partial charge in [-0.25, -0.2) is 4.98 Å². The van der Waals surface area contributed by atoms with Crippen molar-refractivity contribution in [2.24, 2.45) is 0 Å². The molecule has 0 saturated carbocycles. The van der Waals surface area contributed by atoms with Gasteiger partial charge in [0.15, 0.2) is 6.19 Å². The van der Waals surface area contributed by atoms with Crippen LogP contribution >= 0.6 is 11.3 Å². The quantitative estimate of drug-likeness (QED) is 0.687. The Morgan fingerprint density at radius 2 is 2.21 bits per heavy atom. The summed E-state index contributed by atoms with van der Waals surface area (Å²) in [4.78, 5) is 18.6. The molecule has 0 bridgehead atoms. The molecule has 5 nitrogen and oxygen atoms in total. The molecule has 1 saturated heterocycles. The van der Waals surface area contributed by atoms with Crippen LogP contribution < -0.4 is 5.32 Å². The molecule has 0 atom stereocenters. The molecule has 122 valence electrons. The summed E-state index contributed by atoms with van der Waals surface area (Å²) in [5.41, 5.74) is 3.74. The molecule has 2 heterocycles. The summed E-state index contributed by atoms with van der Waals surface area (Å²) in [7, 11) is 1.64. The average Bonchev–Trinajstić information content (AvgIpc) is 3.29. The third-order valence-electron chi connectivity index (χ3n) is 4.06. The van der Waals surface area contributed by atoms with Crippen LogP contribution in [0.15, 0.2) is 46.9 Å². The van der Waals surface area contributed by atoms with Crippen molar-refractivity contribution in [3.05, 3.63) is 52.6 Å². The highest BCUT2D eigenvalue weighted by atomic mass is 32.1. The maximum Gasteiger partial charge on any atom is 0.247 e. The maximum absolute atomic E-state index is 12.3. The lowest BCUT2D eigenvalue weighted by atomic mass is 10.0. The lowest BCUT2D eigenvalue weighted by Crippen LogP contribution is -2.23. The number of nitriles is 1. The number of hydrogen-bond donors (Lipinski definition) is 1. The highest BCUT2D eigenvalue weighted by Crippen LogP contribution is 2.26. The third kappa shape index (κ3) is 3.47. The molecule has 3 rings (SSSR count). The zero-order chi connectivity index (χ0) is 16.9. The van der Waals surface area contributed by atoms with Gasteiger partial charge in [-0.3, -0.25) is 4.79 Å². The van der Waals surface area contributed by atoms with Crippen LogP contribution in [0.4, 0.5) is 0 Å². The van der Waals surface area contributed by atoms with Crippen molar-refractivity contribution in [2.75, 3.05) is 20.1 Å². The summed E-state index contributed by atoms with van der Waals surface area (Å²) in [5.74, 6) is -0.0842. The van der Waals surface area contributed by atoms with Crippen molar-refractivity contribution in [1.82, 2.24) is 15.2 Å². The summed E-state index contributed by atoms with van der Waals surface area (Å²) in [6.07, 6.45) is 3.40. The topological polar surface area (TPSA) is 69.0 Å². The number of hydrogen-bond acceptors (Lipinski definition) is 5. The minimum Gasteiger partial charge on any atom is -0.355 e. The summed E-state index contributed by atoms with van der Waals surface area (Å²) in [6.45, 7) is 1.22. The molecule has 2 aromatic rings. The van der Waals surface area contributed by atoms with Gasteiger partial charge in [0, 0.05) is 43.1 Å². The van der Waals surface area contributed by atoms with Gasteiger partial charge in [0.25, 0.3) is 0 Å². The monoisotopic (exact) mass is 338 g/mol. The van der Waals surface area contributed by atoms with E-state index in [-0.39, 0.29) is 5.91 Å². The van der Waals surface area contributed by atoms with Crippen molar-refractivity contribution in [3.8, 4) is 16.8 Å². The van der Waals surface area contributed by atoms with Crippen LogP contribution in [0.2, 0.25) is 0 Å². The van der Waals surface area contributed by atoms with Gasteiger partial charge < -0.3 is 10.2 Å². The van der Waals surface area contributed by atoms with Gasteiger partial charge in [0.2, 0.25) is 5.91 Å². The fourth-order valence-corrected chi connectivity index (χ4v) is 3.62. The number of rotatable bonds is 4. The van der Waals surface area contributed by atoms with Gasteiger partial charge >= 0.3 is 0 Å². The van der Waals surface area contributed by atoms with Crippen molar-refractivity contribution in [2.45, 2.75) is 12.8 Å². The van der Waals surface area contributed by atoms with E-state index in [4.69, 9.17) is 5.26 Å². The van der Waals surface area contributed by atoms with Crippen molar-refractivity contribution < 1.29 is 4.79 Å². The number of carbonyl (C=O) groups is 1. The van der Waals surface area contributed by atoms with Crippen LogP contribution in [0.25, 0.3) is 10.6 Å². The van der Waals surface area contributed by atoms with Gasteiger partial charge in [-0.1, -0.05) is 30.3 Å². The normalized spacial score (nSPS) is 15.9. The summed E-state index contributed by atoms with van der Waals surface area (Å²) in [5, 5.41) is 14.7. The molecule has 0 spiro atoms. The standard InChI is InChI=1S/C18H18N4OS/c1-20-17(23)16(14-7-8-22(10-14)12-19)9-15-11-24-18(21-15)13-5-3-2-4-6-13/h2-6,11H,7-10H2,1H3,(H,20,23). The largest absolute Gasteiger partial charge is 0.355 e. The van der Waals surface area contributed by atoms with Crippen molar-refractivity contribution in [1.29, 1.82) is 5.26 Å². The SMILES string of the molecule is CNC(=O)C(Cc1csc(-c2ccccc2)n1)=C1CCN(C#N)C1. The first-order valence-corrected chi connectivity index (χ1v) is 8.66. The predicted octanol–water partition coefficient (Wildman–Crippen LogP) is 2.58. The number of benzene rings is 1. The molecule has 0 unspecified atom stereocenters. The molecule has 6 heteroatoms. The van der Waals surface area contributed by atoms with E-state index in [2.05, 4.69) is 16.5 Å². The average molecular weight is 338 g/mol. The van der Waals surface area contributed by atoms with Crippen LogP contribution in [0.5, 0.6) is 0 Å². The molecule has 1 amide bonds. The van der Waals surface area contributed by atoms with Crippen LogP contribution in [0.1, 0.15) is 12.1 Å². The maximum atomic E-state index is 12.3. The third-order valence-corrected chi connectivity index (χ3v) is 5.01. The molecule has 0 radical (unpaired) electrons. The molecule has 1 aliphatic heterocycles. The molecule has 1 aliphatic rings. The molecular weight excluding hydrogens is 320 g/mol. The van der Waals surface area contributed by atoms with E-state index in [1.165, 1.54) is 0 Å². The van der Waals surface area contributed by atoms with Crippen LogP contribution in [-0.2, 0) is 11.2 Å². The second-order valence-corrected chi connectivity index (χ2v) is 6.48. The van der Waals surface area contributed by atoms with Gasteiger partial charge in [-0.2, -0.15) is 5.26 Å². The molecule has 1 aromatic carbocycles. The highest BCUT2D eigenvalue weighted by molar-refractivity contribution is 7.13. The molecule has 24 heavy (non-hydrogen) atoms. The smallest absolute Gasteiger partial charge is 0.247 e. The Morgan fingerprint density at radius 1 is 1.42 bits per heavy atom. The second-order valence-electron chi connectivity index (χ2n) is 5.62. The van der Waals surface area contributed by atoms with Gasteiger partial charge in [0.05, 0.1) is 5.69 Å². The van der Waals surface area contributed by atoms with E-state index in [0.29, 0.717) is 19.5 Å². The van der Waals surface area contributed by atoms with E-state index in [1.807, 2.05) is 35.7 Å². The second kappa shape index (κ2) is 7.28. The van der Waals surface area contributed by atoms with Gasteiger partial charge in [0.1, 0.15) is 5.01 Å². The lowest BCUT2D eigenvalue weighted by Gasteiger charge is -2.09. The van der Waals surface area contributed by atoms with E-state index < -0.39 is 0 Å². The molecule has 1 N–H and O–H groups in total. The van der Waals surface area contributed by atoms with Gasteiger partial charge in [-0.15, -0.1) is 11.3 Å². The predicted molar refractivity (Wildman–Crippen MR) is 94.1 cm³/mol.